The average Bonchev–Trinajstić information content (AvgIpc) is 2.29. The number of hydrogen-bond donors (Lipinski definition) is 1. The molecule has 0 spiro atoms. The maximum atomic E-state index is 8.72. The van der Waals surface area contributed by atoms with Crippen molar-refractivity contribution in [3.05, 3.63) is 28.2 Å². The van der Waals surface area contributed by atoms with Crippen molar-refractivity contribution in [1.29, 1.82) is 5.26 Å². The zero-order chi connectivity index (χ0) is 12.0. The molecule has 1 aromatic carbocycles. The van der Waals surface area contributed by atoms with Crippen molar-refractivity contribution in [2.45, 2.75) is 26.5 Å². The highest BCUT2D eigenvalue weighted by Crippen LogP contribution is 2.24. The summed E-state index contributed by atoms with van der Waals surface area (Å²) in [4.78, 5) is 0. The SMILES string of the molecule is CCNCc1cc(Br)ccc1OC(C)C#N. The van der Waals surface area contributed by atoms with E-state index in [0.717, 1.165) is 28.9 Å². The Morgan fingerprint density at radius 3 is 2.94 bits per heavy atom. The van der Waals surface area contributed by atoms with Gasteiger partial charge in [-0.1, -0.05) is 22.9 Å². The van der Waals surface area contributed by atoms with Crippen LogP contribution in [0.1, 0.15) is 19.4 Å². The first-order valence-electron chi connectivity index (χ1n) is 5.22. The van der Waals surface area contributed by atoms with Gasteiger partial charge in [-0.2, -0.15) is 5.26 Å². The molecule has 0 aromatic heterocycles. The van der Waals surface area contributed by atoms with Gasteiger partial charge in [-0.15, -0.1) is 0 Å². The second kappa shape index (κ2) is 6.51. The number of benzene rings is 1. The predicted octanol–water partition coefficient (Wildman–Crippen LogP) is 2.85. The minimum absolute atomic E-state index is 0.429. The number of hydrogen-bond acceptors (Lipinski definition) is 3. The molecule has 0 radical (unpaired) electrons. The standard InChI is InChI=1S/C12H15BrN2O/c1-3-15-8-10-6-11(13)4-5-12(10)16-9(2)7-14/h4-6,9,15H,3,8H2,1-2H3. The van der Waals surface area contributed by atoms with E-state index < -0.39 is 6.10 Å². The van der Waals surface area contributed by atoms with Crippen LogP contribution in [0.4, 0.5) is 0 Å². The smallest absolute Gasteiger partial charge is 0.181 e. The lowest BCUT2D eigenvalue weighted by Gasteiger charge is -2.13. The van der Waals surface area contributed by atoms with Gasteiger partial charge in [-0.05, 0) is 31.7 Å². The molecule has 16 heavy (non-hydrogen) atoms. The highest BCUT2D eigenvalue weighted by Gasteiger charge is 2.07. The van der Waals surface area contributed by atoms with E-state index in [0.29, 0.717) is 0 Å². The Morgan fingerprint density at radius 1 is 1.56 bits per heavy atom. The van der Waals surface area contributed by atoms with Gasteiger partial charge in [0.2, 0.25) is 0 Å². The van der Waals surface area contributed by atoms with Crippen molar-refractivity contribution in [3.8, 4) is 11.8 Å². The van der Waals surface area contributed by atoms with Gasteiger partial charge in [0.05, 0.1) is 0 Å². The first-order chi connectivity index (χ1) is 7.67. The number of rotatable bonds is 5. The van der Waals surface area contributed by atoms with Crippen LogP contribution in [0.15, 0.2) is 22.7 Å². The molecular weight excluding hydrogens is 268 g/mol. The third-order valence-electron chi connectivity index (χ3n) is 2.07. The van der Waals surface area contributed by atoms with Crippen LogP contribution in [0.3, 0.4) is 0 Å². The molecule has 1 N–H and O–H groups in total. The van der Waals surface area contributed by atoms with E-state index in [1.165, 1.54) is 0 Å². The zero-order valence-electron chi connectivity index (χ0n) is 9.46. The van der Waals surface area contributed by atoms with Crippen LogP contribution in [0.2, 0.25) is 0 Å². The van der Waals surface area contributed by atoms with E-state index in [1.54, 1.807) is 6.92 Å². The summed E-state index contributed by atoms with van der Waals surface area (Å²) in [5.74, 6) is 0.762. The molecule has 0 aliphatic rings. The summed E-state index contributed by atoms with van der Waals surface area (Å²) in [6, 6.07) is 7.85. The van der Waals surface area contributed by atoms with Crippen molar-refractivity contribution in [2.24, 2.45) is 0 Å². The van der Waals surface area contributed by atoms with Gasteiger partial charge in [0, 0.05) is 16.6 Å². The molecule has 3 nitrogen and oxygen atoms in total. The van der Waals surface area contributed by atoms with Crippen LogP contribution in [0, 0.1) is 11.3 Å². The van der Waals surface area contributed by atoms with Gasteiger partial charge >= 0.3 is 0 Å². The number of halogens is 1. The summed E-state index contributed by atoms with van der Waals surface area (Å²) in [6.45, 7) is 5.43. The van der Waals surface area contributed by atoms with Crippen LogP contribution in [-0.4, -0.2) is 12.6 Å². The summed E-state index contributed by atoms with van der Waals surface area (Å²) in [7, 11) is 0. The van der Waals surface area contributed by atoms with Gasteiger partial charge in [-0.25, -0.2) is 0 Å². The molecule has 1 aromatic rings. The Hall–Kier alpha value is -1.05. The zero-order valence-corrected chi connectivity index (χ0v) is 11.0. The van der Waals surface area contributed by atoms with Gasteiger partial charge in [-0.3, -0.25) is 0 Å². The van der Waals surface area contributed by atoms with Crippen LogP contribution < -0.4 is 10.1 Å². The molecule has 1 rings (SSSR count). The van der Waals surface area contributed by atoms with Gasteiger partial charge in [0.1, 0.15) is 11.8 Å². The average molecular weight is 283 g/mol. The largest absolute Gasteiger partial charge is 0.476 e. The molecule has 1 unspecified atom stereocenters. The highest BCUT2D eigenvalue weighted by atomic mass is 79.9. The monoisotopic (exact) mass is 282 g/mol. The summed E-state index contributed by atoms with van der Waals surface area (Å²) < 4.78 is 6.54. The number of ether oxygens (including phenoxy) is 1. The second-order valence-electron chi connectivity index (χ2n) is 3.42. The Bertz CT molecular complexity index is 387. The fourth-order valence-corrected chi connectivity index (χ4v) is 1.69. The summed E-state index contributed by atoms with van der Waals surface area (Å²) >= 11 is 3.42. The van der Waals surface area contributed by atoms with E-state index >= 15 is 0 Å². The maximum Gasteiger partial charge on any atom is 0.181 e. The molecule has 1 atom stereocenters. The molecule has 0 amide bonds. The Labute approximate surface area is 105 Å². The molecule has 0 bridgehead atoms. The van der Waals surface area contributed by atoms with E-state index in [-0.39, 0.29) is 0 Å². The van der Waals surface area contributed by atoms with Gasteiger partial charge < -0.3 is 10.1 Å². The van der Waals surface area contributed by atoms with Gasteiger partial charge in [0.25, 0.3) is 0 Å². The highest BCUT2D eigenvalue weighted by molar-refractivity contribution is 9.10. The fraction of sp³-hybridized carbons (Fsp3) is 0.417. The Kier molecular flexibility index (Phi) is 5.30. The van der Waals surface area contributed by atoms with E-state index in [4.69, 9.17) is 10.00 Å². The summed E-state index contributed by atoms with van der Waals surface area (Å²) in [5, 5.41) is 12.0. The Morgan fingerprint density at radius 2 is 2.31 bits per heavy atom. The minimum Gasteiger partial charge on any atom is -0.476 e. The number of nitrogens with one attached hydrogen (secondary N) is 1. The molecule has 0 saturated carbocycles. The number of nitrogens with zero attached hydrogens (tertiary/aromatic N) is 1. The molecule has 0 aliphatic heterocycles. The van der Waals surface area contributed by atoms with Crippen molar-refractivity contribution in [1.82, 2.24) is 5.32 Å². The molecule has 0 aliphatic carbocycles. The third kappa shape index (κ3) is 3.84. The van der Waals surface area contributed by atoms with Crippen molar-refractivity contribution < 1.29 is 4.74 Å². The molecule has 4 heteroatoms. The fourth-order valence-electron chi connectivity index (χ4n) is 1.28. The quantitative estimate of drug-likeness (QED) is 0.903. The first kappa shape index (κ1) is 13.0. The van der Waals surface area contributed by atoms with Crippen molar-refractivity contribution >= 4 is 15.9 Å². The van der Waals surface area contributed by atoms with Crippen molar-refractivity contribution in [2.75, 3.05) is 6.54 Å². The summed E-state index contributed by atoms with van der Waals surface area (Å²) in [6.07, 6.45) is -0.429. The van der Waals surface area contributed by atoms with Gasteiger partial charge in [0.15, 0.2) is 6.10 Å². The number of nitriles is 1. The molecule has 0 fully saturated rings. The second-order valence-corrected chi connectivity index (χ2v) is 4.34. The lowest BCUT2D eigenvalue weighted by atomic mass is 10.2. The Balaban J connectivity index is 2.85. The van der Waals surface area contributed by atoms with Crippen LogP contribution in [0.5, 0.6) is 5.75 Å². The molecule has 0 saturated heterocycles. The topological polar surface area (TPSA) is 45.0 Å². The van der Waals surface area contributed by atoms with E-state index in [1.807, 2.05) is 18.2 Å². The lowest BCUT2D eigenvalue weighted by molar-refractivity contribution is 0.273. The molecular formula is C12H15BrN2O. The van der Waals surface area contributed by atoms with Crippen LogP contribution in [0.25, 0.3) is 0 Å². The molecule has 86 valence electrons. The maximum absolute atomic E-state index is 8.72. The predicted molar refractivity (Wildman–Crippen MR) is 67.2 cm³/mol. The van der Waals surface area contributed by atoms with Crippen LogP contribution in [-0.2, 0) is 6.54 Å². The first-order valence-corrected chi connectivity index (χ1v) is 6.02. The lowest BCUT2D eigenvalue weighted by Crippen LogP contribution is -2.15. The third-order valence-corrected chi connectivity index (χ3v) is 2.57. The van der Waals surface area contributed by atoms with E-state index in [2.05, 4.69) is 34.2 Å². The normalized spacial score (nSPS) is 11.9. The van der Waals surface area contributed by atoms with Crippen LogP contribution >= 0.6 is 15.9 Å². The molecule has 0 heterocycles. The minimum atomic E-state index is -0.429. The summed E-state index contributed by atoms with van der Waals surface area (Å²) in [5.41, 5.74) is 1.05. The van der Waals surface area contributed by atoms with E-state index in [9.17, 15) is 0 Å². The van der Waals surface area contributed by atoms with Crippen molar-refractivity contribution in [3.63, 3.8) is 0 Å².